The predicted molar refractivity (Wildman–Crippen MR) is 77.1 cm³/mol. The van der Waals surface area contributed by atoms with Crippen molar-refractivity contribution >= 4 is 39.3 Å². The van der Waals surface area contributed by atoms with Crippen LogP contribution in [0.3, 0.4) is 0 Å². The first-order chi connectivity index (χ1) is 9.75. The molecule has 0 fully saturated rings. The van der Waals surface area contributed by atoms with Crippen molar-refractivity contribution in [2.75, 3.05) is 17.1 Å². The molecule has 7 nitrogen and oxygen atoms in total. The monoisotopic (exact) mass is 335 g/mol. The molecule has 0 spiro atoms. The fraction of sp³-hybridized carbons (Fsp3) is 0.333. The number of halogens is 1. The second kappa shape index (κ2) is 7.28. The first-order valence-electron chi connectivity index (χ1n) is 5.94. The minimum atomic E-state index is -3.79. The number of esters is 1. The van der Waals surface area contributed by atoms with E-state index in [1.165, 1.54) is 12.1 Å². The van der Waals surface area contributed by atoms with Crippen molar-refractivity contribution in [2.24, 2.45) is 0 Å². The van der Waals surface area contributed by atoms with Gasteiger partial charge in [-0.15, -0.1) is 0 Å². The van der Waals surface area contributed by atoms with Crippen LogP contribution in [0, 0.1) is 0 Å². The Hall–Kier alpha value is -1.80. The quantitative estimate of drug-likeness (QED) is 0.734. The summed E-state index contributed by atoms with van der Waals surface area (Å²) in [5.41, 5.74) is -0.164. The van der Waals surface area contributed by atoms with Crippen LogP contribution < -0.4 is 4.72 Å². The molecule has 21 heavy (non-hydrogen) atoms. The molecule has 0 radical (unpaired) electrons. The summed E-state index contributed by atoms with van der Waals surface area (Å²) < 4.78 is 30.4. The Labute approximate surface area is 126 Å². The molecule has 0 saturated carbocycles. The number of carboxylic acid groups (broad SMARTS) is 1. The van der Waals surface area contributed by atoms with Crippen LogP contribution in [0.5, 0.6) is 0 Å². The number of benzene rings is 1. The van der Waals surface area contributed by atoms with Gasteiger partial charge in [-0.1, -0.05) is 11.6 Å². The van der Waals surface area contributed by atoms with Gasteiger partial charge in [0.05, 0.1) is 29.4 Å². The summed E-state index contributed by atoms with van der Waals surface area (Å²) in [6.07, 6.45) is -0.289. The van der Waals surface area contributed by atoms with E-state index in [1.54, 1.807) is 6.92 Å². The fourth-order valence-corrected chi connectivity index (χ4v) is 2.66. The summed E-state index contributed by atoms with van der Waals surface area (Å²) in [6.45, 7) is 1.79. The Bertz CT molecular complexity index is 643. The molecule has 0 atom stereocenters. The fourth-order valence-electron chi connectivity index (χ4n) is 1.43. The zero-order valence-electron chi connectivity index (χ0n) is 11.1. The molecule has 0 aliphatic carbocycles. The van der Waals surface area contributed by atoms with E-state index in [0.717, 1.165) is 6.07 Å². The number of rotatable bonds is 7. The lowest BCUT2D eigenvalue weighted by Crippen LogP contribution is -2.20. The summed E-state index contributed by atoms with van der Waals surface area (Å²) in [5, 5.41) is 8.90. The highest BCUT2D eigenvalue weighted by Crippen LogP contribution is 2.21. The Kier molecular flexibility index (Phi) is 5.98. The molecule has 0 aromatic heterocycles. The summed E-state index contributed by atoms with van der Waals surface area (Å²) >= 11 is 5.68. The molecule has 0 aliphatic heterocycles. The maximum atomic E-state index is 11.8. The molecule has 1 aromatic carbocycles. The summed E-state index contributed by atoms with van der Waals surface area (Å²) in [4.78, 5) is 22.0. The van der Waals surface area contributed by atoms with Crippen molar-refractivity contribution < 1.29 is 27.9 Å². The van der Waals surface area contributed by atoms with E-state index in [9.17, 15) is 18.0 Å². The van der Waals surface area contributed by atoms with Crippen molar-refractivity contribution in [1.82, 2.24) is 0 Å². The molecular weight excluding hydrogens is 322 g/mol. The van der Waals surface area contributed by atoms with Gasteiger partial charge in [0.2, 0.25) is 10.0 Å². The third-order valence-electron chi connectivity index (χ3n) is 2.35. The molecule has 1 aromatic rings. The molecule has 9 heteroatoms. The Morgan fingerprint density at radius 3 is 2.62 bits per heavy atom. The molecule has 2 N–H and O–H groups in total. The van der Waals surface area contributed by atoms with E-state index < -0.39 is 27.7 Å². The van der Waals surface area contributed by atoms with E-state index in [2.05, 4.69) is 9.46 Å². The van der Waals surface area contributed by atoms with Gasteiger partial charge in [0.25, 0.3) is 0 Å². The number of ether oxygens (including phenoxy) is 1. The van der Waals surface area contributed by atoms with Crippen molar-refractivity contribution in [3.63, 3.8) is 0 Å². The first kappa shape index (κ1) is 17.3. The van der Waals surface area contributed by atoms with Crippen LogP contribution in [-0.4, -0.2) is 37.8 Å². The molecule has 0 amide bonds. The lowest BCUT2D eigenvalue weighted by Gasteiger charge is -2.09. The third kappa shape index (κ3) is 5.60. The molecule has 0 aliphatic rings. The van der Waals surface area contributed by atoms with E-state index in [4.69, 9.17) is 16.7 Å². The standard InChI is InChI=1S/C12H14ClNO6S/c1-2-20-11(15)5-6-21(18,19)14-8-3-4-10(13)9(7-8)12(16)17/h3-4,7,14H,2,5-6H2,1H3,(H,16,17). The highest BCUT2D eigenvalue weighted by molar-refractivity contribution is 7.92. The van der Waals surface area contributed by atoms with Crippen molar-refractivity contribution in [3.8, 4) is 0 Å². The zero-order chi connectivity index (χ0) is 16.0. The lowest BCUT2D eigenvalue weighted by molar-refractivity contribution is -0.142. The van der Waals surface area contributed by atoms with Gasteiger partial charge in [-0.3, -0.25) is 9.52 Å². The van der Waals surface area contributed by atoms with Crippen LogP contribution in [-0.2, 0) is 19.6 Å². The molecule has 0 saturated heterocycles. The van der Waals surface area contributed by atoms with Crippen LogP contribution in [0.2, 0.25) is 5.02 Å². The van der Waals surface area contributed by atoms with Gasteiger partial charge >= 0.3 is 11.9 Å². The highest BCUT2D eigenvalue weighted by Gasteiger charge is 2.16. The number of carbonyl (C=O) groups is 2. The number of aromatic carboxylic acids is 1. The lowest BCUT2D eigenvalue weighted by atomic mass is 10.2. The molecule has 116 valence electrons. The van der Waals surface area contributed by atoms with E-state index in [1.807, 2.05) is 0 Å². The number of hydrogen-bond donors (Lipinski definition) is 2. The van der Waals surface area contributed by atoms with E-state index >= 15 is 0 Å². The average Bonchev–Trinajstić information content (AvgIpc) is 2.39. The minimum Gasteiger partial charge on any atom is -0.478 e. The molecule has 0 unspecified atom stereocenters. The smallest absolute Gasteiger partial charge is 0.337 e. The van der Waals surface area contributed by atoms with Gasteiger partial charge in [0, 0.05) is 5.69 Å². The number of hydrogen-bond acceptors (Lipinski definition) is 5. The van der Waals surface area contributed by atoms with Crippen LogP contribution >= 0.6 is 11.6 Å². The zero-order valence-corrected chi connectivity index (χ0v) is 12.7. The third-order valence-corrected chi connectivity index (χ3v) is 3.97. The number of carboxylic acids is 1. The van der Waals surface area contributed by atoms with Crippen LogP contribution in [0.15, 0.2) is 18.2 Å². The average molecular weight is 336 g/mol. The predicted octanol–water partition coefficient (Wildman–Crippen LogP) is 1.73. The molecular formula is C12H14ClNO6S. The minimum absolute atomic E-state index is 0.00280. The van der Waals surface area contributed by atoms with Gasteiger partial charge < -0.3 is 9.84 Å². The largest absolute Gasteiger partial charge is 0.478 e. The van der Waals surface area contributed by atoms with Gasteiger partial charge in [-0.25, -0.2) is 13.2 Å². The second-order valence-corrected chi connectivity index (χ2v) is 6.22. The number of sulfonamides is 1. The SMILES string of the molecule is CCOC(=O)CCS(=O)(=O)Nc1ccc(Cl)c(C(=O)O)c1. The Morgan fingerprint density at radius 1 is 1.38 bits per heavy atom. The van der Waals surface area contributed by atoms with Crippen LogP contribution in [0.25, 0.3) is 0 Å². The van der Waals surface area contributed by atoms with Crippen LogP contribution in [0.4, 0.5) is 5.69 Å². The van der Waals surface area contributed by atoms with E-state index in [-0.39, 0.29) is 29.3 Å². The van der Waals surface area contributed by atoms with Crippen molar-refractivity contribution in [2.45, 2.75) is 13.3 Å². The molecule has 1 rings (SSSR count). The van der Waals surface area contributed by atoms with Gasteiger partial charge in [-0.05, 0) is 25.1 Å². The Balaban J connectivity index is 2.78. The van der Waals surface area contributed by atoms with Gasteiger partial charge in [-0.2, -0.15) is 0 Å². The van der Waals surface area contributed by atoms with Crippen molar-refractivity contribution in [3.05, 3.63) is 28.8 Å². The normalized spacial score (nSPS) is 11.0. The topological polar surface area (TPSA) is 110 Å². The highest BCUT2D eigenvalue weighted by atomic mass is 35.5. The maximum absolute atomic E-state index is 11.8. The van der Waals surface area contributed by atoms with Crippen LogP contribution in [0.1, 0.15) is 23.7 Å². The number of nitrogens with one attached hydrogen (secondary N) is 1. The van der Waals surface area contributed by atoms with E-state index in [0.29, 0.717) is 0 Å². The molecule has 0 heterocycles. The summed E-state index contributed by atoms with van der Waals surface area (Å²) in [6, 6.07) is 3.71. The van der Waals surface area contributed by atoms with Gasteiger partial charge in [0.15, 0.2) is 0 Å². The Morgan fingerprint density at radius 2 is 2.05 bits per heavy atom. The van der Waals surface area contributed by atoms with Gasteiger partial charge in [0.1, 0.15) is 0 Å². The first-order valence-corrected chi connectivity index (χ1v) is 7.97. The number of carbonyl (C=O) groups excluding carboxylic acids is 1. The molecule has 0 bridgehead atoms. The number of anilines is 1. The summed E-state index contributed by atoms with van der Waals surface area (Å²) in [5.74, 6) is -2.35. The summed E-state index contributed by atoms with van der Waals surface area (Å²) in [7, 11) is -3.79. The maximum Gasteiger partial charge on any atom is 0.337 e. The van der Waals surface area contributed by atoms with Crippen molar-refractivity contribution in [1.29, 1.82) is 0 Å². The second-order valence-electron chi connectivity index (χ2n) is 3.98.